The van der Waals surface area contributed by atoms with Crippen molar-refractivity contribution in [3.63, 3.8) is 0 Å². The summed E-state index contributed by atoms with van der Waals surface area (Å²) in [5.41, 5.74) is 0. The molecule has 1 aliphatic carbocycles. The molecular formula is C13H24O2. The van der Waals surface area contributed by atoms with Gasteiger partial charge in [-0.3, -0.25) is 4.79 Å². The lowest BCUT2D eigenvalue weighted by Gasteiger charge is -2.32. The van der Waals surface area contributed by atoms with Crippen LogP contribution in [0, 0.1) is 17.8 Å². The molecule has 15 heavy (non-hydrogen) atoms. The number of hydrogen-bond donors (Lipinski definition) is 1. The number of rotatable bonds is 5. The van der Waals surface area contributed by atoms with Crippen molar-refractivity contribution in [2.45, 2.75) is 58.8 Å². The van der Waals surface area contributed by atoms with E-state index in [0.717, 1.165) is 30.6 Å². The van der Waals surface area contributed by atoms with Gasteiger partial charge in [0.15, 0.2) is 0 Å². The summed E-state index contributed by atoms with van der Waals surface area (Å²) < 4.78 is 0. The van der Waals surface area contributed by atoms with Crippen LogP contribution in [0.2, 0.25) is 0 Å². The lowest BCUT2D eigenvalue weighted by atomic mass is 9.73. The third-order valence-electron chi connectivity index (χ3n) is 3.84. The van der Waals surface area contributed by atoms with Gasteiger partial charge >= 0.3 is 5.97 Å². The monoisotopic (exact) mass is 212 g/mol. The molecule has 0 spiro atoms. The van der Waals surface area contributed by atoms with E-state index in [2.05, 4.69) is 13.8 Å². The molecule has 0 saturated heterocycles. The molecule has 1 rings (SSSR count). The van der Waals surface area contributed by atoms with E-state index in [1.165, 1.54) is 25.7 Å². The first kappa shape index (κ1) is 12.5. The Labute approximate surface area is 93.1 Å². The predicted molar refractivity (Wildman–Crippen MR) is 61.8 cm³/mol. The van der Waals surface area contributed by atoms with Crippen LogP contribution in [0.1, 0.15) is 58.8 Å². The zero-order chi connectivity index (χ0) is 11.3. The van der Waals surface area contributed by atoms with Crippen LogP contribution in [0.4, 0.5) is 0 Å². The van der Waals surface area contributed by atoms with Crippen molar-refractivity contribution in [1.29, 1.82) is 0 Å². The van der Waals surface area contributed by atoms with Gasteiger partial charge in [0.1, 0.15) is 0 Å². The van der Waals surface area contributed by atoms with Gasteiger partial charge in [0, 0.05) is 6.42 Å². The van der Waals surface area contributed by atoms with Gasteiger partial charge < -0.3 is 5.11 Å². The number of carboxylic acids is 1. The summed E-state index contributed by atoms with van der Waals surface area (Å²) in [4.78, 5) is 10.4. The molecule has 1 fully saturated rings. The van der Waals surface area contributed by atoms with E-state index < -0.39 is 5.97 Å². The van der Waals surface area contributed by atoms with Gasteiger partial charge in [0.25, 0.3) is 0 Å². The van der Waals surface area contributed by atoms with Gasteiger partial charge in [-0.25, -0.2) is 0 Å². The summed E-state index contributed by atoms with van der Waals surface area (Å²) in [7, 11) is 0. The third-order valence-corrected chi connectivity index (χ3v) is 3.84. The van der Waals surface area contributed by atoms with Crippen molar-refractivity contribution in [2.24, 2.45) is 17.8 Å². The van der Waals surface area contributed by atoms with Gasteiger partial charge in [-0.15, -0.1) is 0 Å². The van der Waals surface area contributed by atoms with E-state index in [0.29, 0.717) is 6.42 Å². The minimum absolute atomic E-state index is 0.344. The van der Waals surface area contributed by atoms with Gasteiger partial charge in [0.2, 0.25) is 0 Å². The maximum Gasteiger partial charge on any atom is 0.303 e. The highest BCUT2D eigenvalue weighted by Crippen LogP contribution is 2.36. The maximum absolute atomic E-state index is 10.4. The lowest BCUT2D eigenvalue weighted by molar-refractivity contribution is -0.137. The average molecular weight is 212 g/mol. The van der Waals surface area contributed by atoms with Gasteiger partial charge in [0.05, 0.1) is 0 Å². The van der Waals surface area contributed by atoms with E-state index >= 15 is 0 Å². The van der Waals surface area contributed by atoms with Gasteiger partial charge in [-0.1, -0.05) is 39.5 Å². The normalized spacial score (nSPS) is 31.5. The highest BCUT2D eigenvalue weighted by molar-refractivity contribution is 5.66. The van der Waals surface area contributed by atoms with Crippen LogP contribution in [-0.4, -0.2) is 11.1 Å². The summed E-state index contributed by atoms with van der Waals surface area (Å²) in [5.74, 6) is 1.93. The van der Waals surface area contributed by atoms with E-state index in [1.54, 1.807) is 0 Å². The van der Waals surface area contributed by atoms with Crippen molar-refractivity contribution < 1.29 is 9.90 Å². The van der Waals surface area contributed by atoms with E-state index in [1.807, 2.05) is 0 Å². The molecule has 3 unspecified atom stereocenters. The standard InChI is InChI=1S/C13H24O2/c1-10-7-8-11(2)12(9-10)5-3-4-6-13(14)15/h10-12H,3-9H2,1-2H3,(H,14,15). The minimum Gasteiger partial charge on any atom is -0.481 e. The Morgan fingerprint density at radius 3 is 2.67 bits per heavy atom. The first-order valence-electron chi connectivity index (χ1n) is 6.31. The highest BCUT2D eigenvalue weighted by Gasteiger charge is 2.24. The predicted octanol–water partition coefficient (Wildman–Crippen LogP) is 3.70. The number of hydrogen-bond acceptors (Lipinski definition) is 1. The van der Waals surface area contributed by atoms with Crippen LogP contribution in [-0.2, 0) is 4.79 Å². The molecule has 1 aliphatic rings. The molecule has 2 nitrogen and oxygen atoms in total. The first-order chi connectivity index (χ1) is 7.09. The maximum atomic E-state index is 10.4. The molecule has 1 saturated carbocycles. The zero-order valence-electron chi connectivity index (χ0n) is 10.0. The van der Waals surface area contributed by atoms with Crippen LogP contribution in [0.15, 0.2) is 0 Å². The molecule has 0 aromatic heterocycles. The number of carbonyl (C=O) groups is 1. The van der Waals surface area contributed by atoms with E-state index in [-0.39, 0.29) is 0 Å². The Bertz CT molecular complexity index is 201. The average Bonchev–Trinajstić information content (AvgIpc) is 2.17. The number of carboxylic acid groups (broad SMARTS) is 1. The van der Waals surface area contributed by atoms with Crippen LogP contribution >= 0.6 is 0 Å². The molecule has 0 heterocycles. The SMILES string of the molecule is CC1CCC(C)C(CCCCC(=O)O)C1. The zero-order valence-corrected chi connectivity index (χ0v) is 10.0. The van der Waals surface area contributed by atoms with E-state index in [4.69, 9.17) is 5.11 Å². The van der Waals surface area contributed by atoms with Crippen LogP contribution in [0.3, 0.4) is 0 Å². The highest BCUT2D eigenvalue weighted by atomic mass is 16.4. The molecule has 0 radical (unpaired) electrons. The van der Waals surface area contributed by atoms with Crippen LogP contribution in [0.25, 0.3) is 0 Å². The van der Waals surface area contributed by atoms with Crippen molar-refractivity contribution in [1.82, 2.24) is 0 Å². The molecule has 1 N–H and O–H groups in total. The summed E-state index contributed by atoms with van der Waals surface area (Å²) in [6, 6.07) is 0. The molecule has 0 amide bonds. The van der Waals surface area contributed by atoms with Gasteiger partial charge in [-0.2, -0.15) is 0 Å². The topological polar surface area (TPSA) is 37.3 Å². The van der Waals surface area contributed by atoms with Crippen molar-refractivity contribution in [2.75, 3.05) is 0 Å². The molecular weight excluding hydrogens is 188 g/mol. The van der Waals surface area contributed by atoms with Crippen LogP contribution < -0.4 is 0 Å². The van der Waals surface area contributed by atoms with Crippen molar-refractivity contribution in [3.8, 4) is 0 Å². The summed E-state index contributed by atoms with van der Waals surface area (Å²) in [6.45, 7) is 4.70. The summed E-state index contributed by atoms with van der Waals surface area (Å²) in [5, 5.41) is 8.54. The summed E-state index contributed by atoms with van der Waals surface area (Å²) in [6.07, 6.45) is 7.63. The van der Waals surface area contributed by atoms with Gasteiger partial charge in [-0.05, 0) is 30.6 Å². The molecule has 3 atom stereocenters. The Morgan fingerprint density at radius 2 is 2.00 bits per heavy atom. The number of aliphatic carboxylic acids is 1. The largest absolute Gasteiger partial charge is 0.481 e. The third kappa shape index (κ3) is 4.67. The fourth-order valence-corrected chi connectivity index (χ4v) is 2.74. The van der Waals surface area contributed by atoms with Crippen molar-refractivity contribution >= 4 is 5.97 Å². The fraction of sp³-hybridized carbons (Fsp3) is 0.923. The van der Waals surface area contributed by atoms with Crippen LogP contribution in [0.5, 0.6) is 0 Å². The fourth-order valence-electron chi connectivity index (χ4n) is 2.74. The number of unbranched alkanes of at least 4 members (excludes halogenated alkanes) is 1. The Balaban J connectivity index is 2.16. The lowest BCUT2D eigenvalue weighted by Crippen LogP contribution is -2.21. The Hall–Kier alpha value is -0.530. The Kier molecular flexibility index (Phi) is 5.13. The molecule has 2 heteroatoms. The van der Waals surface area contributed by atoms with Crippen molar-refractivity contribution in [3.05, 3.63) is 0 Å². The Morgan fingerprint density at radius 1 is 1.27 bits per heavy atom. The quantitative estimate of drug-likeness (QED) is 0.705. The molecule has 0 bridgehead atoms. The molecule has 0 aliphatic heterocycles. The first-order valence-corrected chi connectivity index (χ1v) is 6.31. The molecule has 0 aromatic carbocycles. The van der Waals surface area contributed by atoms with E-state index in [9.17, 15) is 4.79 Å². The second-order valence-corrected chi connectivity index (χ2v) is 5.30. The molecule has 88 valence electrons. The second kappa shape index (κ2) is 6.14. The second-order valence-electron chi connectivity index (χ2n) is 5.30. The molecule has 0 aromatic rings. The smallest absolute Gasteiger partial charge is 0.303 e. The summed E-state index contributed by atoms with van der Waals surface area (Å²) >= 11 is 0. The minimum atomic E-state index is -0.653.